The van der Waals surface area contributed by atoms with E-state index >= 15 is 0 Å². The van der Waals surface area contributed by atoms with E-state index in [0.717, 1.165) is 0 Å². The number of carbonyl (C=O) groups is 1. The van der Waals surface area contributed by atoms with Crippen LogP contribution in [0.5, 0.6) is 0 Å². The third-order valence-corrected chi connectivity index (χ3v) is 2.52. The summed E-state index contributed by atoms with van der Waals surface area (Å²) in [5.74, 6) is 0.521. The Balaban J connectivity index is 1.75. The van der Waals surface area contributed by atoms with Crippen LogP contribution in [0.4, 0.5) is 11.4 Å². The SMILES string of the molecule is Nc1ccccc1NC(=O)COCC1CC1. The molecule has 2 rings (SSSR count). The van der Waals surface area contributed by atoms with Crippen LogP contribution >= 0.6 is 0 Å². The van der Waals surface area contributed by atoms with Crippen LogP contribution in [-0.2, 0) is 9.53 Å². The largest absolute Gasteiger partial charge is 0.397 e. The van der Waals surface area contributed by atoms with Gasteiger partial charge in [0.05, 0.1) is 18.0 Å². The summed E-state index contributed by atoms with van der Waals surface area (Å²) in [6.07, 6.45) is 2.46. The van der Waals surface area contributed by atoms with Crippen molar-refractivity contribution in [2.45, 2.75) is 12.8 Å². The Kier molecular flexibility index (Phi) is 3.41. The maximum Gasteiger partial charge on any atom is 0.250 e. The van der Waals surface area contributed by atoms with Crippen LogP contribution in [0.25, 0.3) is 0 Å². The lowest BCUT2D eigenvalue weighted by atomic mass is 10.3. The first-order valence-corrected chi connectivity index (χ1v) is 5.48. The predicted molar refractivity (Wildman–Crippen MR) is 63.0 cm³/mol. The quantitative estimate of drug-likeness (QED) is 0.741. The smallest absolute Gasteiger partial charge is 0.250 e. The molecule has 1 aromatic carbocycles. The van der Waals surface area contributed by atoms with Crippen LogP contribution in [0, 0.1) is 5.92 Å². The van der Waals surface area contributed by atoms with Crippen molar-refractivity contribution < 1.29 is 9.53 Å². The number of nitrogens with one attached hydrogen (secondary N) is 1. The molecular formula is C12H16N2O2. The third kappa shape index (κ3) is 3.24. The van der Waals surface area contributed by atoms with E-state index in [-0.39, 0.29) is 12.5 Å². The molecule has 86 valence electrons. The zero-order valence-electron chi connectivity index (χ0n) is 9.11. The van der Waals surface area contributed by atoms with Crippen molar-refractivity contribution >= 4 is 17.3 Å². The van der Waals surface area contributed by atoms with Crippen molar-refractivity contribution in [3.8, 4) is 0 Å². The fourth-order valence-electron chi connectivity index (χ4n) is 1.40. The third-order valence-electron chi connectivity index (χ3n) is 2.52. The summed E-state index contributed by atoms with van der Waals surface area (Å²) in [5, 5.41) is 2.72. The van der Waals surface area contributed by atoms with E-state index in [1.807, 2.05) is 12.1 Å². The molecule has 0 unspecified atom stereocenters. The summed E-state index contributed by atoms with van der Waals surface area (Å²) in [6, 6.07) is 7.18. The summed E-state index contributed by atoms with van der Waals surface area (Å²) in [5.41, 5.74) is 6.91. The van der Waals surface area contributed by atoms with Crippen LogP contribution in [-0.4, -0.2) is 19.1 Å². The second-order valence-electron chi connectivity index (χ2n) is 4.09. The van der Waals surface area contributed by atoms with Crippen molar-refractivity contribution in [2.24, 2.45) is 5.92 Å². The van der Waals surface area contributed by atoms with Crippen LogP contribution < -0.4 is 11.1 Å². The number of amides is 1. The van der Waals surface area contributed by atoms with Gasteiger partial charge in [-0.05, 0) is 30.9 Å². The number of hydrogen-bond donors (Lipinski definition) is 2. The number of rotatable bonds is 5. The molecule has 1 aliphatic rings. The van der Waals surface area contributed by atoms with Crippen molar-refractivity contribution in [1.82, 2.24) is 0 Å². The van der Waals surface area contributed by atoms with Crippen molar-refractivity contribution in [1.29, 1.82) is 0 Å². The maximum absolute atomic E-state index is 11.5. The first-order chi connectivity index (χ1) is 7.75. The number of carbonyl (C=O) groups excluding carboxylic acids is 1. The van der Waals surface area contributed by atoms with E-state index in [0.29, 0.717) is 23.9 Å². The number of ether oxygens (including phenoxy) is 1. The van der Waals surface area contributed by atoms with E-state index in [9.17, 15) is 4.79 Å². The highest BCUT2D eigenvalue weighted by Gasteiger charge is 2.21. The van der Waals surface area contributed by atoms with Crippen molar-refractivity contribution in [2.75, 3.05) is 24.3 Å². The summed E-state index contributed by atoms with van der Waals surface area (Å²) >= 11 is 0. The molecule has 1 aromatic rings. The van der Waals surface area contributed by atoms with E-state index in [1.54, 1.807) is 12.1 Å². The first kappa shape index (κ1) is 11.0. The van der Waals surface area contributed by atoms with Crippen molar-refractivity contribution in [3.63, 3.8) is 0 Å². The standard InChI is InChI=1S/C12H16N2O2/c13-10-3-1-2-4-11(10)14-12(15)8-16-7-9-5-6-9/h1-4,9H,5-8,13H2,(H,14,15). The van der Waals surface area contributed by atoms with E-state index in [4.69, 9.17) is 10.5 Å². The molecule has 4 heteroatoms. The van der Waals surface area contributed by atoms with Gasteiger partial charge in [0.1, 0.15) is 6.61 Å². The molecule has 0 aromatic heterocycles. The van der Waals surface area contributed by atoms with Gasteiger partial charge in [-0.3, -0.25) is 4.79 Å². The van der Waals surface area contributed by atoms with Gasteiger partial charge in [0, 0.05) is 0 Å². The molecule has 0 radical (unpaired) electrons. The normalized spacial score (nSPS) is 14.8. The zero-order valence-corrected chi connectivity index (χ0v) is 9.11. The van der Waals surface area contributed by atoms with Crippen molar-refractivity contribution in [3.05, 3.63) is 24.3 Å². The molecule has 4 nitrogen and oxygen atoms in total. The summed E-state index contributed by atoms with van der Waals surface area (Å²) in [4.78, 5) is 11.5. The first-order valence-electron chi connectivity index (χ1n) is 5.48. The van der Waals surface area contributed by atoms with Crippen LogP contribution in [0.15, 0.2) is 24.3 Å². The minimum absolute atomic E-state index is 0.102. The van der Waals surface area contributed by atoms with Crippen LogP contribution in [0.2, 0.25) is 0 Å². The monoisotopic (exact) mass is 220 g/mol. The summed E-state index contributed by atoms with van der Waals surface area (Å²) < 4.78 is 5.28. The minimum Gasteiger partial charge on any atom is -0.397 e. The van der Waals surface area contributed by atoms with Crippen LogP contribution in [0.1, 0.15) is 12.8 Å². The highest BCUT2D eigenvalue weighted by molar-refractivity contribution is 5.94. The second kappa shape index (κ2) is 4.99. The lowest BCUT2D eigenvalue weighted by molar-refractivity contribution is -0.120. The molecule has 0 aliphatic heterocycles. The summed E-state index contributed by atoms with van der Waals surface area (Å²) in [7, 11) is 0. The second-order valence-corrected chi connectivity index (χ2v) is 4.09. The van der Waals surface area contributed by atoms with Gasteiger partial charge >= 0.3 is 0 Å². The van der Waals surface area contributed by atoms with Gasteiger partial charge < -0.3 is 15.8 Å². The molecule has 16 heavy (non-hydrogen) atoms. The number of benzene rings is 1. The fraction of sp³-hybridized carbons (Fsp3) is 0.417. The average Bonchev–Trinajstić information content (AvgIpc) is 3.05. The summed E-state index contributed by atoms with van der Waals surface area (Å²) in [6.45, 7) is 0.794. The van der Waals surface area contributed by atoms with E-state index < -0.39 is 0 Å². The highest BCUT2D eigenvalue weighted by atomic mass is 16.5. The molecule has 1 amide bonds. The fourth-order valence-corrected chi connectivity index (χ4v) is 1.40. The number of hydrogen-bond acceptors (Lipinski definition) is 3. The molecule has 1 fully saturated rings. The van der Waals surface area contributed by atoms with Gasteiger partial charge in [-0.2, -0.15) is 0 Å². The Morgan fingerprint density at radius 1 is 1.44 bits per heavy atom. The molecule has 1 saturated carbocycles. The Morgan fingerprint density at radius 2 is 2.19 bits per heavy atom. The van der Waals surface area contributed by atoms with E-state index in [2.05, 4.69) is 5.32 Å². The molecule has 1 aliphatic carbocycles. The van der Waals surface area contributed by atoms with Crippen LogP contribution in [0.3, 0.4) is 0 Å². The Labute approximate surface area is 94.8 Å². The highest BCUT2D eigenvalue weighted by Crippen LogP contribution is 2.28. The minimum atomic E-state index is -0.154. The topological polar surface area (TPSA) is 64.3 Å². The number of anilines is 2. The molecule has 0 heterocycles. The number of para-hydroxylation sites is 2. The Morgan fingerprint density at radius 3 is 2.88 bits per heavy atom. The molecule has 0 atom stereocenters. The molecule has 0 bridgehead atoms. The maximum atomic E-state index is 11.5. The zero-order chi connectivity index (χ0) is 11.4. The number of nitrogen functional groups attached to an aromatic ring is 1. The average molecular weight is 220 g/mol. The van der Waals surface area contributed by atoms with Gasteiger partial charge in [-0.1, -0.05) is 12.1 Å². The lowest BCUT2D eigenvalue weighted by Crippen LogP contribution is -2.19. The molecule has 0 spiro atoms. The van der Waals surface area contributed by atoms with E-state index in [1.165, 1.54) is 12.8 Å². The van der Waals surface area contributed by atoms with Gasteiger partial charge in [0.15, 0.2) is 0 Å². The molecule has 0 saturated heterocycles. The molecular weight excluding hydrogens is 204 g/mol. The van der Waals surface area contributed by atoms with Gasteiger partial charge in [0.2, 0.25) is 5.91 Å². The Bertz CT molecular complexity index is 375. The molecule has 3 N–H and O–H groups in total. The van der Waals surface area contributed by atoms with Gasteiger partial charge in [-0.25, -0.2) is 0 Å². The van der Waals surface area contributed by atoms with Gasteiger partial charge in [0.25, 0.3) is 0 Å². The Hall–Kier alpha value is -1.55. The number of nitrogens with two attached hydrogens (primary N) is 1. The van der Waals surface area contributed by atoms with Gasteiger partial charge in [-0.15, -0.1) is 0 Å². The lowest BCUT2D eigenvalue weighted by Gasteiger charge is -2.07. The predicted octanol–water partition coefficient (Wildman–Crippen LogP) is 1.63.